The van der Waals surface area contributed by atoms with Gasteiger partial charge in [0, 0.05) is 36.0 Å². The fraction of sp³-hybridized carbons (Fsp3) is 0.381. The van der Waals surface area contributed by atoms with E-state index < -0.39 is 10.8 Å². The zero-order valence-corrected chi connectivity index (χ0v) is 18.5. The summed E-state index contributed by atoms with van der Waals surface area (Å²) in [6.45, 7) is 4.53. The molecule has 1 saturated heterocycles. The van der Waals surface area contributed by atoms with Crippen molar-refractivity contribution in [3.63, 3.8) is 0 Å². The topological polar surface area (TPSA) is 133 Å². The predicted molar refractivity (Wildman–Crippen MR) is 120 cm³/mol. The minimum Gasteiger partial charge on any atom is -0.467 e. The van der Waals surface area contributed by atoms with Crippen molar-refractivity contribution in [1.29, 1.82) is 0 Å². The Morgan fingerprint density at radius 1 is 1.31 bits per heavy atom. The third-order valence-electron chi connectivity index (χ3n) is 5.58. The summed E-state index contributed by atoms with van der Waals surface area (Å²) in [5.74, 6) is 1.82. The number of hydrogen-bond donors (Lipinski definition) is 1. The van der Waals surface area contributed by atoms with Crippen molar-refractivity contribution in [3.05, 3.63) is 63.6 Å². The van der Waals surface area contributed by atoms with E-state index in [2.05, 4.69) is 22.0 Å². The molecule has 1 aromatic carbocycles. The maximum Gasteiger partial charge on any atom is 0.274 e. The van der Waals surface area contributed by atoms with Crippen LogP contribution in [-0.4, -0.2) is 38.7 Å². The van der Waals surface area contributed by atoms with Gasteiger partial charge >= 0.3 is 0 Å². The summed E-state index contributed by atoms with van der Waals surface area (Å²) in [4.78, 5) is 24.6. The maximum absolute atomic E-state index is 11.5. The quantitative estimate of drug-likeness (QED) is 0.309. The summed E-state index contributed by atoms with van der Waals surface area (Å²) >= 11 is 1.35. The van der Waals surface area contributed by atoms with Crippen molar-refractivity contribution in [3.8, 4) is 0 Å². The molecule has 168 valence electrons. The molecule has 3 heterocycles. The number of nitro groups is 1. The molecule has 3 aromatic rings. The number of nitrogens with two attached hydrogens (primary N) is 1. The van der Waals surface area contributed by atoms with Gasteiger partial charge < -0.3 is 15.1 Å². The molecule has 0 bridgehead atoms. The van der Waals surface area contributed by atoms with Crippen molar-refractivity contribution >= 4 is 29.3 Å². The summed E-state index contributed by atoms with van der Waals surface area (Å²) in [6.07, 6.45) is 3.81. The molecule has 2 aromatic heterocycles. The second-order valence-electron chi connectivity index (χ2n) is 7.87. The highest BCUT2D eigenvalue weighted by atomic mass is 32.2. The lowest BCUT2D eigenvalue weighted by molar-refractivity contribution is -0.385. The fourth-order valence-electron chi connectivity index (χ4n) is 3.68. The third kappa shape index (κ3) is 4.77. The predicted octanol–water partition coefficient (Wildman–Crippen LogP) is 3.46. The van der Waals surface area contributed by atoms with Crippen LogP contribution in [0.1, 0.15) is 41.4 Å². The van der Waals surface area contributed by atoms with Crippen LogP contribution in [0, 0.1) is 16.0 Å². The van der Waals surface area contributed by atoms with Crippen LogP contribution in [0.4, 0.5) is 11.6 Å². The highest BCUT2D eigenvalue weighted by Gasteiger charge is 2.24. The number of nitro benzene ring substituents is 1. The number of piperidine rings is 1. The molecule has 0 aliphatic carbocycles. The SMILES string of the molecule is CC1CCN(c2nnc(SCc3ccc(C(N)=O)cc3[N+](=O)[O-])n2Cc2ccco2)CC1. The molecule has 0 atom stereocenters. The smallest absolute Gasteiger partial charge is 0.274 e. The van der Waals surface area contributed by atoms with E-state index in [0.29, 0.717) is 28.9 Å². The van der Waals surface area contributed by atoms with Crippen LogP contribution >= 0.6 is 11.8 Å². The lowest BCUT2D eigenvalue weighted by atomic mass is 10.00. The van der Waals surface area contributed by atoms with Gasteiger partial charge in [0.1, 0.15) is 5.76 Å². The highest BCUT2D eigenvalue weighted by molar-refractivity contribution is 7.98. The molecular weight excluding hydrogens is 432 g/mol. The number of anilines is 1. The van der Waals surface area contributed by atoms with E-state index in [4.69, 9.17) is 10.2 Å². The number of carbonyl (C=O) groups is 1. The van der Waals surface area contributed by atoms with Gasteiger partial charge in [-0.3, -0.25) is 19.5 Å². The normalized spacial score (nSPS) is 14.6. The Morgan fingerprint density at radius 2 is 2.09 bits per heavy atom. The zero-order valence-electron chi connectivity index (χ0n) is 17.6. The largest absolute Gasteiger partial charge is 0.467 e. The van der Waals surface area contributed by atoms with E-state index in [1.165, 1.54) is 23.9 Å². The van der Waals surface area contributed by atoms with Crippen LogP contribution in [0.2, 0.25) is 0 Å². The molecule has 1 fully saturated rings. The standard InChI is InChI=1S/C21H24N6O4S/c1-14-6-8-25(9-7-14)20-23-24-21(26(20)12-17-3-2-10-31-17)32-13-16-5-4-15(19(22)28)11-18(16)27(29)30/h2-5,10-11,14H,6-9,12-13H2,1H3,(H2,22,28). The van der Waals surface area contributed by atoms with Crippen LogP contribution < -0.4 is 10.6 Å². The van der Waals surface area contributed by atoms with E-state index in [1.54, 1.807) is 12.3 Å². The number of thioether (sulfide) groups is 1. The van der Waals surface area contributed by atoms with Crippen molar-refractivity contribution in [2.75, 3.05) is 18.0 Å². The fourth-order valence-corrected chi connectivity index (χ4v) is 4.61. The number of carbonyl (C=O) groups excluding carboxylic acids is 1. The number of furan rings is 1. The Kier molecular flexibility index (Phi) is 6.45. The van der Waals surface area contributed by atoms with Gasteiger partial charge in [0.15, 0.2) is 5.16 Å². The Labute approximate surface area is 188 Å². The van der Waals surface area contributed by atoms with Crippen LogP contribution in [0.3, 0.4) is 0 Å². The van der Waals surface area contributed by atoms with E-state index in [9.17, 15) is 14.9 Å². The van der Waals surface area contributed by atoms with Crippen LogP contribution in [0.15, 0.2) is 46.2 Å². The van der Waals surface area contributed by atoms with Gasteiger partial charge in [0.05, 0.1) is 17.7 Å². The van der Waals surface area contributed by atoms with E-state index in [0.717, 1.165) is 37.6 Å². The number of rotatable bonds is 8. The summed E-state index contributed by atoms with van der Waals surface area (Å²) < 4.78 is 7.52. The first-order valence-electron chi connectivity index (χ1n) is 10.3. The molecule has 32 heavy (non-hydrogen) atoms. The molecule has 0 unspecified atom stereocenters. The number of amides is 1. The summed E-state index contributed by atoms with van der Waals surface area (Å²) in [5, 5.41) is 21.0. The molecule has 1 amide bonds. The van der Waals surface area contributed by atoms with E-state index in [1.807, 2.05) is 16.7 Å². The Bertz CT molecular complexity index is 1110. The van der Waals surface area contributed by atoms with E-state index in [-0.39, 0.29) is 11.3 Å². The molecule has 0 spiro atoms. The Morgan fingerprint density at radius 3 is 2.75 bits per heavy atom. The molecule has 1 aliphatic rings. The highest BCUT2D eigenvalue weighted by Crippen LogP contribution is 2.31. The molecule has 4 rings (SSSR count). The first-order chi connectivity index (χ1) is 15.4. The summed E-state index contributed by atoms with van der Waals surface area (Å²) in [5.41, 5.74) is 5.70. The minimum absolute atomic E-state index is 0.105. The van der Waals surface area contributed by atoms with Crippen molar-refractivity contribution in [2.45, 2.75) is 37.2 Å². The van der Waals surface area contributed by atoms with Gasteiger partial charge in [-0.2, -0.15) is 0 Å². The van der Waals surface area contributed by atoms with Crippen LogP contribution in [0.25, 0.3) is 0 Å². The summed E-state index contributed by atoms with van der Waals surface area (Å²) in [6, 6.07) is 8.00. The van der Waals surface area contributed by atoms with Gasteiger partial charge in [0.2, 0.25) is 11.9 Å². The number of aromatic nitrogens is 3. The molecule has 0 radical (unpaired) electrons. The lowest BCUT2D eigenvalue weighted by Crippen LogP contribution is -2.35. The number of hydrogen-bond acceptors (Lipinski definition) is 8. The van der Waals surface area contributed by atoms with Gasteiger partial charge in [-0.05, 0) is 37.0 Å². The van der Waals surface area contributed by atoms with Crippen LogP contribution in [0.5, 0.6) is 0 Å². The van der Waals surface area contributed by atoms with Gasteiger partial charge in [-0.25, -0.2) is 0 Å². The first-order valence-corrected chi connectivity index (χ1v) is 11.3. The maximum atomic E-state index is 11.5. The molecular formula is C21H24N6O4S. The molecule has 2 N–H and O–H groups in total. The van der Waals surface area contributed by atoms with E-state index >= 15 is 0 Å². The number of primary amides is 1. The van der Waals surface area contributed by atoms with Gasteiger partial charge in [-0.1, -0.05) is 24.8 Å². The van der Waals surface area contributed by atoms with Crippen molar-refractivity contribution < 1.29 is 14.1 Å². The van der Waals surface area contributed by atoms with Crippen molar-refractivity contribution in [1.82, 2.24) is 14.8 Å². The number of nitrogens with zero attached hydrogens (tertiary/aromatic N) is 5. The average Bonchev–Trinajstić information content (AvgIpc) is 3.43. The Hall–Kier alpha value is -3.34. The second kappa shape index (κ2) is 9.43. The monoisotopic (exact) mass is 456 g/mol. The molecule has 10 nitrogen and oxygen atoms in total. The third-order valence-corrected chi connectivity index (χ3v) is 6.60. The number of benzene rings is 1. The van der Waals surface area contributed by atoms with Gasteiger partial charge in [0.25, 0.3) is 5.69 Å². The molecule has 0 saturated carbocycles. The van der Waals surface area contributed by atoms with Crippen molar-refractivity contribution in [2.24, 2.45) is 11.7 Å². The average molecular weight is 457 g/mol. The summed E-state index contributed by atoms with van der Waals surface area (Å²) in [7, 11) is 0. The zero-order chi connectivity index (χ0) is 22.7. The Balaban J connectivity index is 1.60. The second-order valence-corrected chi connectivity index (χ2v) is 8.81. The molecule has 1 aliphatic heterocycles. The lowest BCUT2D eigenvalue weighted by Gasteiger charge is -2.31. The van der Waals surface area contributed by atoms with Gasteiger partial charge in [-0.15, -0.1) is 10.2 Å². The first kappa shape index (κ1) is 21.9. The minimum atomic E-state index is -0.703. The van der Waals surface area contributed by atoms with Crippen LogP contribution in [-0.2, 0) is 12.3 Å². The molecule has 11 heteroatoms.